The molecule has 1 heterocycles. The summed E-state index contributed by atoms with van der Waals surface area (Å²) in [5.41, 5.74) is 1.01. The van der Waals surface area contributed by atoms with Gasteiger partial charge in [0.15, 0.2) is 11.7 Å². The van der Waals surface area contributed by atoms with Crippen LogP contribution in [0.1, 0.15) is 19.2 Å². The predicted octanol–water partition coefficient (Wildman–Crippen LogP) is 4.41. The molecular formula is C14H16Br2N2O. The molecule has 19 heavy (non-hydrogen) atoms. The third-order valence-corrected chi connectivity index (χ3v) is 3.87. The molecule has 2 aromatic rings. The number of aromatic nitrogens is 1. The minimum Gasteiger partial charge on any atom is -0.441 e. The van der Waals surface area contributed by atoms with Gasteiger partial charge in [-0.2, -0.15) is 0 Å². The Hall–Kier alpha value is -0.650. The van der Waals surface area contributed by atoms with Gasteiger partial charge in [-0.05, 0) is 31.2 Å². The Morgan fingerprint density at radius 2 is 2.11 bits per heavy atom. The summed E-state index contributed by atoms with van der Waals surface area (Å²) in [7, 11) is 0. The number of hydrogen-bond donors (Lipinski definition) is 1. The number of hydrogen-bond acceptors (Lipinski definition) is 3. The summed E-state index contributed by atoms with van der Waals surface area (Å²) < 4.78 is 7.81. The SMILES string of the molecule is CCCNCCc1ncc(-c2cc(Br)ccc2Br)o1. The first-order valence-electron chi connectivity index (χ1n) is 6.31. The lowest BCUT2D eigenvalue weighted by Gasteiger charge is -2.01. The number of nitrogens with zero attached hydrogens (tertiary/aromatic N) is 1. The molecule has 0 spiro atoms. The lowest BCUT2D eigenvalue weighted by molar-refractivity contribution is 0.495. The Kier molecular flexibility index (Phi) is 5.60. The van der Waals surface area contributed by atoms with Gasteiger partial charge in [0.25, 0.3) is 0 Å². The standard InChI is InChI=1S/C14H16Br2N2O/c1-2-6-17-7-5-14-18-9-13(19-14)11-8-10(15)3-4-12(11)16/h3-4,8-9,17H,2,5-7H2,1H3. The van der Waals surface area contributed by atoms with Gasteiger partial charge in [-0.3, -0.25) is 0 Å². The number of halogens is 2. The highest BCUT2D eigenvalue weighted by molar-refractivity contribution is 9.11. The fourth-order valence-electron chi connectivity index (χ4n) is 1.73. The summed E-state index contributed by atoms with van der Waals surface area (Å²) in [5.74, 6) is 1.56. The highest BCUT2D eigenvalue weighted by atomic mass is 79.9. The average Bonchev–Trinajstić information content (AvgIpc) is 2.86. The molecule has 102 valence electrons. The second-order valence-electron chi connectivity index (χ2n) is 4.24. The monoisotopic (exact) mass is 386 g/mol. The molecular weight excluding hydrogens is 372 g/mol. The van der Waals surface area contributed by atoms with Crippen molar-refractivity contribution in [3.63, 3.8) is 0 Å². The maximum Gasteiger partial charge on any atom is 0.196 e. The van der Waals surface area contributed by atoms with E-state index < -0.39 is 0 Å². The molecule has 5 heteroatoms. The van der Waals surface area contributed by atoms with Crippen LogP contribution in [0.4, 0.5) is 0 Å². The Bertz CT molecular complexity index is 540. The summed E-state index contributed by atoms with van der Waals surface area (Å²) in [4.78, 5) is 4.32. The summed E-state index contributed by atoms with van der Waals surface area (Å²) in [6.07, 6.45) is 3.73. The second-order valence-corrected chi connectivity index (χ2v) is 6.01. The van der Waals surface area contributed by atoms with Gasteiger partial charge in [-0.15, -0.1) is 0 Å². The van der Waals surface area contributed by atoms with Crippen LogP contribution >= 0.6 is 31.9 Å². The van der Waals surface area contributed by atoms with Gasteiger partial charge in [0.2, 0.25) is 0 Å². The van der Waals surface area contributed by atoms with Gasteiger partial charge in [0, 0.05) is 27.5 Å². The Balaban J connectivity index is 2.06. The van der Waals surface area contributed by atoms with E-state index in [0.29, 0.717) is 0 Å². The molecule has 1 aromatic heterocycles. The quantitative estimate of drug-likeness (QED) is 0.746. The molecule has 0 fully saturated rings. The third-order valence-electron chi connectivity index (χ3n) is 2.69. The molecule has 0 amide bonds. The van der Waals surface area contributed by atoms with Crippen LogP contribution < -0.4 is 5.32 Å². The highest BCUT2D eigenvalue weighted by Crippen LogP contribution is 2.31. The number of nitrogens with one attached hydrogen (secondary N) is 1. The molecule has 0 aliphatic heterocycles. The maximum absolute atomic E-state index is 5.78. The average molecular weight is 388 g/mol. The van der Waals surface area contributed by atoms with Crippen molar-refractivity contribution in [1.29, 1.82) is 0 Å². The molecule has 0 aliphatic rings. The molecule has 1 N–H and O–H groups in total. The number of rotatable bonds is 6. The van der Waals surface area contributed by atoms with Crippen molar-refractivity contribution in [3.8, 4) is 11.3 Å². The molecule has 0 bridgehead atoms. The van der Waals surface area contributed by atoms with Crippen LogP contribution in [-0.2, 0) is 6.42 Å². The van der Waals surface area contributed by atoms with Gasteiger partial charge in [0.05, 0.1) is 6.20 Å². The molecule has 0 saturated carbocycles. The molecule has 0 radical (unpaired) electrons. The van der Waals surface area contributed by atoms with Crippen LogP contribution in [0.2, 0.25) is 0 Å². The Morgan fingerprint density at radius 3 is 2.89 bits per heavy atom. The largest absolute Gasteiger partial charge is 0.441 e. The zero-order chi connectivity index (χ0) is 13.7. The summed E-state index contributed by atoms with van der Waals surface area (Å²) in [5, 5.41) is 3.34. The van der Waals surface area contributed by atoms with E-state index in [0.717, 1.165) is 52.1 Å². The van der Waals surface area contributed by atoms with Crippen LogP contribution in [0.3, 0.4) is 0 Å². The molecule has 0 saturated heterocycles. The fraction of sp³-hybridized carbons (Fsp3) is 0.357. The van der Waals surface area contributed by atoms with E-state index >= 15 is 0 Å². The van der Waals surface area contributed by atoms with Crippen molar-refractivity contribution in [2.45, 2.75) is 19.8 Å². The Labute approximate surface area is 130 Å². The fourth-order valence-corrected chi connectivity index (χ4v) is 2.54. The van der Waals surface area contributed by atoms with Crippen molar-refractivity contribution in [3.05, 3.63) is 39.2 Å². The van der Waals surface area contributed by atoms with E-state index in [4.69, 9.17) is 4.42 Å². The maximum atomic E-state index is 5.78. The van der Waals surface area contributed by atoms with E-state index in [1.165, 1.54) is 0 Å². The zero-order valence-electron chi connectivity index (χ0n) is 10.7. The molecule has 3 nitrogen and oxygen atoms in total. The summed E-state index contributed by atoms with van der Waals surface area (Å²) in [6, 6.07) is 5.99. The van der Waals surface area contributed by atoms with E-state index in [1.54, 1.807) is 6.20 Å². The Morgan fingerprint density at radius 1 is 1.26 bits per heavy atom. The topological polar surface area (TPSA) is 38.1 Å². The van der Waals surface area contributed by atoms with Crippen molar-refractivity contribution in [2.24, 2.45) is 0 Å². The van der Waals surface area contributed by atoms with Gasteiger partial charge in [-0.1, -0.05) is 38.8 Å². The summed E-state index contributed by atoms with van der Waals surface area (Å²) in [6.45, 7) is 4.08. The minimum absolute atomic E-state index is 0.769. The van der Waals surface area contributed by atoms with E-state index in [-0.39, 0.29) is 0 Å². The van der Waals surface area contributed by atoms with Crippen LogP contribution in [-0.4, -0.2) is 18.1 Å². The van der Waals surface area contributed by atoms with E-state index in [2.05, 4.69) is 49.1 Å². The van der Waals surface area contributed by atoms with Crippen LogP contribution in [0, 0.1) is 0 Å². The highest BCUT2D eigenvalue weighted by Gasteiger charge is 2.10. The third kappa shape index (κ3) is 4.16. The van der Waals surface area contributed by atoms with Gasteiger partial charge in [0.1, 0.15) is 0 Å². The zero-order valence-corrected chi connectivity index (χ0v) is 13.9. The first-order valence-corrected chi connectivity index (χ1v) is 7.90. The number of oxazole rings is 1. The van der Waals surface area contributed by atoms with Crippen molar-refractivity contribution >= 4 is 31.9 Å². The van der Waals surface area contributed by atoms with E-state index in [9.17, 15) is 0 Å². The van der Waals surface area contributed by atoms with E-state index in [1.807, 2.05) is 18.2 Å². The lowest BCUT2D eigenvalue weighted by Crippen LogP contribution is -2.17. The van der Waals surface area contributed by atoms with Gasteiger partial charge in [-0.25, -0.2) is 4.98 Å². The lowest BCUT2D eigenvalue weighted by atomic mass is 10.2. The normalized spacial score (nSPS) is 10.9. The van der Waals surface area contributed by atoms with Crippen LogP contribution in [0.5, 0.6) is 0 Å². The minimum atomic E-state index is 0.769. The molecule has 2 rings (SSSR count). The first-order chi connectivity index (χ1) is 9.20. The predicted molar refractivity (Wildman–Crippen MR) is 84.2 cm³/mol. The first kappa shape index (κ1) is 14.8. The summed E-state index contributed by atoms with van der Waals surface area (Å²) >= 11 is 7.00. The van der Waals surface area contributed by atoms with Gasteiger partial charge >= 0.3 is 0 Å². The van der Waals surface area contributed by atoms with Gasteiger partial charge < -0.3 is 9.73 Å². The van der Waals surface area contributed by atoms with Crippen LogP contribution in [0.25, 0.3) is 11.3 Å². The smallest absolute Gasteiger partial charge is 0.196 e. The molecule has 1 aromatic carbocycles. The van der Waals surface area contributed by atoms with Crippen molar-refractivity contribution < 1.29 is 4.42 Å². The molecule has 0 aliphatic carbocycles. The molecule has 0 unspecified atom stereocenters. The molecule has 0 atom stereocenters. The second kappa shape index (κ2) is 7.22. The van der Waals surface area contributed by atoms with Crippen molar-refractivity contribution in [1.82, 2.24) is 10.3 Å². The van der Waals surface area contributed by atoms with Crippen LogP contribution in [0.15, 0.2) is 37.8 Å². The number of benzene rings is 1. The van der Waals surface area contributed by atoms with Crippen molar-refractivity contribution in [2.75, 3.05) is 13.1 Å².